The molecule has 0 aliphatic heterocycles. The van der Waals surface area contributed by atoms with Crippen molar-refractivity contribution in [2.75, 3.05) is 0 Å². The van der Waals surface area contributed by atoms with Crippen molar-refractivity contribution in [1.82, 2.24) is 10.9 Å². The van der Waals surface area contributed by atoms with E-state index in [1.54, 1.807) is 18.2 Å². The van der Waals surface area contributed by atoms with Crippen molar-refractivity contribution >= 4 is 17.9 Å². The fourth-order valence-corrected chi connectivity index (χ4v) is 1.59. The molecule has 120 valence electrons. The van der Waals surface area contributed by atoms with Gasteiger partial charge in [-0.3, -0.25) is 20.4 Å². The summed E-state index contributed by atoms with van der Waals surface area (Å²) in [6.07, 6.45) is 3.13. The molecule has 1 aromatic heterocycles. The van der Waals surface area contributed by atoms with Crippen LogP contribution in [0.1, 0.15) is 12.7 Å². The number of ether oxygens (including phenoxy) is 1. The van der Waals surface area contributed by atoms with Gasteiger partial charge in [-0.25, -0.2) is 4.39 Å². The minimum Gasteiger partial charge on any atom is -0.478 e. The standard InChI is InChI=1S/C16H15FN2O4/c1-11(23-14-7-3-2-6-13(14)17)16(21)19-18-15(20)9-8-12-5-4-10-22-12/h2-11H,1H3,(H,18,20)(H,19,21)/b9-8+/t11-/m0/s1. The Morgan fingerprint density at radius 3 is 2.70 bits per heavy atom. The third kappa shape index (κ3) is 4.99. The number of hydrazine groups is 1. The summed E-state index contributed by atoms with van der Waals surface area (Å²) in [6, 6.07) is 9.08. The van der Waals surface area contributed by atoms with E-state index in [0.29, 0.717) is 5.76 Å². The molecule has 1 aromatic carbocycles. The van der Waals surface area contributed by atoms with Gasteiger partial charge in [0.1, 0.15) is 5.76 Å². The summed E-state index contributed by atoms with van der Waals surface area (Å²) < 4.78 is 23.6. The first-order valence-corrected chi connectivity index (χ1v) is 6.79. The molecule has 0 spiro atoms. The molecule has 0 saturated carbocycles. The Bertz CT molecular complexity index is 698. The second-order valence-electron chi connectivity index (χ2n) is 4.52. The van der Waals surface area contributed by atoms with Crippen molar-refractivity contribution in [3.8, 4) is 5.75 Å². The number of carbonyl (C=O) groups is 2. The molecule has 0 bridgehead atoms. The fraction of sp³-hybridized carbons (Fsp3) is 0.125. The highest BCUT2D eigenvalue weighted by molar-refractivity contribution is 5.93. The molecule has 1 heterocycles. The van der Waals surface area contributed by atoms with Gasteiger partial charge in [0, 0.05) is 6.08 Å². The lowest BCUT2D eigenvalue weighted by Crippen LogP contribution is -2.46. The number of hydrogen-bond donors (Lipinski definition) is 2. The van der Waals surface area contributed by atoms with Crippen LogP contribution in [-0.4, -0.2) is 17.9 Å². The second kappa shape index (κ2) is 7.79. The molecule has 0 saturated heterocycles. The van der Waals surface area contributed by atoms with Crippen LogP contribution in [0.15, 0.2) is 53.2 Å². The predicted octanol–water partition coefficient (Wildman–Crippen LogP) is 2.05. The Balaban J connectivity index is 1.79. The van der Waals surface area contributed by atoms with Crippen molar-refractivity contribution in [3.63, 3.8) is 0 Å². The van der Waals surface area contributed by atoms with Gasteiger partial charge in [-0.1, -0.05) is 12.1 Å². The Morgan fingerprint density at radius 2 is 2.00 bits per heavy atom. The number of amides is 2. The van der Waals surface area contributed by atoms with Gasteiger partial charge in [-0.2, -0.15) is 0 Å². The van der Waals surface area contributed by atoms with Crippen molar-refractivity contribution in [1.29, 1.82) is 0 Å². The lowest BCUT2D eigenvalue weighted by atomic mass is 10.3. The van der Waals surface area contributed by atoms with Crippen molar-refractivity contribution in [3.05, 3.63) is 60.3 Å². The van der Waals surface area contributed by atoms with Crippen LogP contribution in [0.3, 0.4) is 0 Å². The van der Waals surface area contributed by atoms with Crippen molar-refractivity contribution < 1.29 is 23.1 Å². The highest BCUT2D eigenvalue weighted by atomic mass is 19.1. The van der Waals surface area contributed by atoms with E-state index in [0.717, 1.165) is 0 Å². The molecule has 7 heteroatoms. The zero-order valence-corrected chi connectivity index (χ0v) is 12.3. The van der Waals surface area contributed by atoms with Gasteiger partial charge in [-0.05, 0) is 37.3 Å². The Kier molecular flexibility index (Phi) is 5.51. The van der Waals surface area contributed by atoms with Crippen LogP contribution in [0.5, 0.6) is 5.75 Å². The van der Waals surface area contributed by atoms with Gasteiger partial charge in [-0.15, -0.1) is 0 Å². The molecule has 2 amide bonds. The Morgan fingerprint density at radius 1 is 1.22 bits per heavy atom. The van der Waals surface area contributed by atoms with Crippen LogP contribution in [0.25, 0.3) is 6.08 Å². The minimum atomic E-state index is -0.985. The van der Waals surface area contributed by atoms with E-state index in [-0.39, 0.29) is 5.75 Å². The maximum Gasteiger partial charge on any atom is 0.279 e. The van der Waals surface area contributed by atoms with Crippen LogP contribution in [0.4, 0.5) is 4.39 Å². The van der Waals surface area contributed by atoms with Crippen LogP contribution in [0.2, 0.25) is 0 Å². The number of para-hydroxylation sites is 1. The first-order chi connectivity index (χ1) is 11.1. The summed E-state index contributed by atoms with van der Waals surface area (Å²) in [5, 5.41) is 0. The highest BCUT2D eigenvalue weighted by Gasteiger charge is 2.16. The van der Waals surface area contributed by atoms with Crippen LogP contribution in [0, 0.1) is 5.82 Å². The van der Waals surface area contributed by atoms with E-state index < -0.39 is 23.7 Å². The van der Waals surface area contributed by atoms with E-state index in [1.165, 1.54) is 43.5 Å². The lowest BCUT2D eigenvalue weighted by molar-refractivity contribution is -0.131. The van der Waals surface area contributed by atoms with E-state index in [1.807, 2.05) is 0 Å². The average molecular weight is 318 g/mol. The summed E-state index contributed by atoms with van der Waals surface area (Å²) >= 11 is 0. The number of rotatable bonds is 5. The van der Waals surface area contributed by atoms with Gasteiger partial charge in [0.2, 0.25) is 0 Å². The van der Waals surface area contributed by atoms with E-state index in [9.17, 15) is 14.0 Å². The second-order valence-corrected chi connectivity index (χ2v) is 4.52. The molecule has 0 fully saturated rings. The number of halogens is 1. The molecule has 2 N–H and O–H groups in total. The largest absolute Gasteiger partial charge is 0.478 e. The molecule has 0 unspecified atom stereocenters. The van der Waals surface area contributed by atoms with Crippen molar-refractivity contribution in [2.24, 2.45) is 0 Å². The molecule has 6 nitrogen and oxygen atoms in total. The van der Waals surface area contributed by atoms with E-state index in [2.05, 4.69) is 10.9 Å². The van der Waals surface area contributed by atoms with Gasteiger partial charge in [0.15, 0.2) is 17.7 Å². The first kappa shape index (κ1) is 16.3. The smallest absolute Gasteiger partial charge is 0.279 e. The number of nitrogens with one attached hydrogen (secondary N) is 2. The zero-order chi connectivity index (χ0) is 16.7. The SMILES string of the molecule is C[C@H](Oc1ccccc1F)C(=O)NNC(=O)/C=C/c1ccco1. The molecular weight excluding hydrogens is 303 g/mol. The molecule has 23 heavy (non-hydrogen) atoms. The van der Waals surface area contributed by atoms with E-state index >= 15 is 0 Å². The average Bonchev–Trinajstić information content (AvgIpc) is 3.06. The summed E-state index contributed by atoms with van der Waals surface area (Å²) in [5.74, 6) is -1.28. The molecule has 2 rings (SSSR count). The first-order valence-electron chi connectivity index (χ1n) is 6.79. The lowest BCUT2D eigenvalue weighted by Gasteiger charge is -2.15. The maximum absolute atomic E-state index is 13.4. The topological polar surface area (TPSA) is 80.6 Å². The number of carbonyl (C=O) groups excluding carboxylic acids is 2. The molecular formula is C16H15FN2O4. The zero-order valence-electron chi connectivity index (χ0n) is 12.3. The molecule has 0 aliphatic rings. The molecule has 0 radical (unpaired) electrons. The summed E-state index contributed by atoms with van der Waals surface area (Å²) in [6.45, 7) is 1.44. The van der Waals surface area contributed by atoms with Crippen molar-refractivity contribution in [2.45, 2.75) is 13.0 Å². The summed E-state index contributed by atoms with van der Waals surface area (Å²) in [7, 11) is 0. The van der Waals surface area contributed by atoms with Crippen LogP contribution in [-0.2, 0) is 9.59 Å². The van der Waals surface area contributed by atoms with Gasteiger partial charge >= 0.3 is 0 Å². The third-order valence-electron chi connectivity index (χ3n) is 2.76. The fourth-order valence-electron chi connectivity index (χ4n) is 1.59. The summed E-state index contributed by atoms with van der Waals surface area (Å²) in [4.78, 5) is 23.3. The quantitative estimate of drug-likeness (QED) is 0.653. The molecule has 1 atom stereocenters. The third-order valence-corrected chi connectivity index (χ3v) is 2.76. The van der Waals surface area contributed by atoms with Crippen LogP contribution < -0.4 is 15.6 Å². The molecule has 0 aliphatic carbocycles. The van der Waals surface area contributed by atoms with Crippen LogP contribution >= 0.6 is 0 Å². The Labute approximate surface area is 131 Å². The minimum absolute atomic E-state index is 0.0424. The highest BCUT2D eigenvalue weighted by Crippen LogP contribution is 2.16. The molecule has 2 aromatic rings. The maximum atomic E-state index is 13.4. The number of benzene rings is 1. The van der Waals surface area contributed by atoms with Gasteiger partial charge < -0.3 is 9.15 Å². The monoisotopic (exact) mass is 318 g/mol. The van der Waals surface area contributed by atoms with E-state index in [4.69, 9.17) is 9.15 Å². The number of hydrogen-bond acceptors (Lipinski definition) is 4. The predicted molar refractivity (Wildman–Crippen MR) is 80.5 cm³/mol. The van der Waals surface area contributed by atoms with Gasteiger partial charge in [0.05, 0.1) is 6.26 Å². The normalized spacial score (nSPS) is 11.9. The van der Waals surface area contributed by atoms with Gasteiger partial charge in [0.25, 0.3) is 11.8 Å². The summed E-state index contributed by atoms with van der Waals surface area (Å²) in [5.41, 5.74) is 4.37. The number of furan rings is 1. The Hall–Kier alpha value is -3.09.